The SMILES string of the molecule is CCC[C@H]1CC[C@H]([C@H]2CC[C@H](C(=O)OCCc3ccc(F)cc3)CC2)CC1. The summed E-state index contributed by atoms with van der Waals surface area (Å²) in [6.45, 7) is 2.69. The van der Waals surface area contributed by atoms with Gasteiger partial charge in [0.15, 0.2) is 0 Å². The van der Waals surface area contributed by atoms with Gasteiger partial charge in [-0.05, 0) is 74.0 Å². The van der Waals surface area contributed by atoms with E-state index in [9.17, 15) is 9.18 Å². The van der Waals surface area contributed by atoms with Gasteiger partial charge in [0.1, 0.15) is 5.82 Å². The summed E-state index contributed by atoms with van der Waals surface area (Å²) in [5.74, 6) is 2.53. The number of rotatable bonds is 7. The summed E-state index contributed by atoms with van der Waals surface area (Å²) >= 11 is 0. The smallest absolute Gasteiger partial charge is 0.308 e. The lowest BCUT2D eigenvalue weighted by Gasteiger charge is -2.37. The topological polar surface area (TPSA) is 26.3 Å². The summed E-state index contributed by atoms with van der Waals surface area (Å²) in [6, 6.07) is 6.41. The van der Waals surface area contributed by atoms with Crippen LogP contribution in [0.1, 0.15) is 76.7 Å². The van der Waals surface area contributed by atoms with Gasteiger partial charge in [0, 0.05) is 6.42 Å². The molecule has 0 aromatic heterocycles. The van der Waals surface area contributed by atoms with E-state index in [2.05, 4.69) is 6.92 Å². The molecule has 2 nitrogen and oxygen atoms in total. The molecule has 2 aliphatic carbocycles. The monoisotopic (exact) mass is 374 g/mol. The molecular formula is C24H35FO2. The van der Waals surface area contributed by atoms with E-state index in [1.54, 1.807) is 12.1 Å². The van der Waals surface area contributed by atoms with Crippen molar-refractivity contribution in [2.75, 3.05) is 6.61 Å². The van der Waals surface area contributed by atoms with Crippen LogP contribution in [0.3, 0.4) is 0 Å². The minimum Gasteiger partial charge on any atom is -0.465 e. The molecule has 0 radical (unpaired) electrons. The van der Waals surface area contributed by atoms with Gasteiger partial charge in [-0.2, -0.15) is 0 Å². The normalized spacial score (nSPS) is 28.7. The third kappa shape index (κ3) is 6.05. The average Bonchev–Trinajstić information content (AvgIpc) is 2.70. The van der Waals surface area contributed by atoms with Crippen LogP contribution in [0, 0.1) is 29.5 Å². The molecule has 0 atom stereocenters. The van der Waals surface area contributed by atoms with Crippen molar-refractivity contribution in [3.8, 4) is 0 Å². The fourth-order valence-electron chi connectivity index (χ4n) is 5.22. The lowest BCUT2D eigenvalue weighted by Crippen LogP contribution is -2.29. The van der Waals surface area contributed by atoms with Crippen molar-refractivity contribution >= 4 is 5.97 Å². The minimum atomic E-state index is -0.230. The molecule has 150 valence electrons. The van der Waals surface area contributed by atoms with Gasteiger partial charge in [0.05, 0.1) is 12.5 Å². The van der Waals surface area contributed by atoms with Gasteiger partial charge in [-0.15, -0.1) is 0 Å². The van der Waals surface area contributed by atoms with Crippen molar-refractivity contribution in [1.29, 1.82) is 0 Å². The molecule has 3 heteroatoms. The van der Waals surface area contributed by atoms with E-state index >= 15 is 0 Å². The molecule has 0 spiro atoms. The van der Waals surface area contributed by atoms with Crippen LogP contribution in [0.25, 0.3) is 0 Å². The van der Waals surface area contributed by atoms with Crippen LogP contribution >= 0.6 is 0 Å². The Hall–Kier alpha value is -1.38. The summed E-state index contributed by atoms with van der Waals surface area (Å²) in [6.07, 6.45) is 13.4. The highest BCUT2D eigenvalue weighted by Gasteiger charge is 2.33. The zero-order chi connectivity index (χ0) is 19.1. The Bertz CT molecular complexity index is 567. The summed E-state index contributed by atoms with van der Waals surface area (Å²) < 4.78 is 18.4. The largest absolute Gasteiger partial charge is 0.465 e. The molecule has 0 bridgehead atoms. The lowest BCUT2D eigenvalue weighted by molar-refractivity contribution is -0.150. The molecular weight excluding hydrogens is 339 g/mol. The van der Waals surface area contributed by atoms with Crippen LogP contribution in [0.4, 0.5) is 4.39 Å². The van der Waals surface area contributed by atoms with Crippen molar-refractivity contribution in [2.24, 2.45) is 23.7 Å². The predicted molar refractivity (Wildman–Crippen MR) is 107 cm³/mol. The van der Waals surface area contributed by atoms with E-state index in [1.807, 2.05) is 0 Å². The van der Waals surface area contributed by atoms with Crippen LogP contribution in [0.5, 0.6) is 0 Å². The van der Waals surface area contributed by atoms with Crippen LogP contribution in [-0.2, 0) is 16.0 Å². The number of hydrogen-bond acceptors (Lipinski definition) is 2. The van der Waals surface area contributed by atoms with Gasteiger partial charge in [-0.3, -0.25) is 4.79 Å². The lowest BCUT2D eigenvalue weighted by atomic mass is 9.69. The number of benzene rings is 1. The summed E-state index contributed by atoms with van der Waals surface area (Å²) in [4.78, 5) is 12.4. The Kier molecular flexibility index (Phi) is 7.72. The van der Waals surface area contributed by atoms with E-state index in [0.717, 1.165) is 36.2 Å². The fourth-order valence-corrected chi connectivity index (χ4v) is 5.22. The molecule has 0 amide bonds. The standard InChI is InChI=1S/C24H35FO2/c1-2-3-18-4-8-20(9-5-18)21-10-12-22(13-11-21)24(26)27-17-16-19-6-14-23(25)15-7-19/h6-7,14-15,18,20-22H,2-5,8-13,16-17H2,1H3/t18-,20-,21-,22-. The summed E-state index contributed by atoms with van der Waals surface area (Å²) in [5, 5.41) is 0. The van der Waals surface area contributed by atoms with Gasteiger partial charge in [0.25, 0.3) is 0 Å². The molecule has 0 saturated heterocycles. The molecule has 0 unspecified atom stereocenters. The van der Waals surface area contributed by atoms with Gasteiger partial charge >= 0.3 is 5.97 Å². The maximum absolute atomic E-state index is 12.9. The number of halogens is 1. The molecule has 2 fully saturated rings. The van der Waals surface area contributed by atoms with Gasteiger partial charge in [-0.25, -0.2) is 4.39 Å². The molecule has 27 heavy (non-hydrogen) atoms. The first-order valence-corrected chi connectivity index (χ1v) is 11.1. The van der Waals surface area contributed by atoms with Crippen molar-refractivity contribution in [1.82, 2.24) is 0 Å². The maximum Gasteiger partial charge on any atom is 0.308 e. The molecule has 0 N–H and O–H groups in total. The molecule has 1 aromatic carbocycles. The number of hydrogen-bond donors (Lipinski definition) is 0. The first kappa shape index (κ1) is 20.4. The Balaban J connectivity index is 1.34. The van der Waals surface area contributed by atoms with Crippen molar-refractivity contribution < 1.29 is 13.9 Å². The zero-order valence-corrected chi connectivity index (χ0v) is 16.8. The maximum atomic E-state index is 12.9. The molecule has 2 saturated carbocycles. The van der Waals surface area contributed by atoms with Gasteiger partial charge in [0.2, 0.25) is 0 Å². The number of carbonyl (C=O) groups excluding carboxylic acids is 1. The van der Waals surface area contributed by atoms with Crippen LogP contribution in [0.15, 0.2) is 24.3 Å². The van der Waals surface area contributed by atoms with Crippen LogP contribution < -0.4 is 0 Å². The third-order valence-corrected chi connectivity index (χ3v) is 6.91. The van der Waals surface area contributed by atoms with E-state index in [4.69, 9.17) is 4.74 Å². The van der Waals surface area contributed by atoms with Crippen molar-refractivity contribution in [3.05, 3.63) is 35.6 Å². The third-order valence-electron chi connectivity index (χ3n) is 6.91. The Morgan fingerprint density at radius 1 is 0.963 bits per heavy atom. The predicted octanol–water partition coefficient (Wildman–Crippen LogP) is 6.32. The van der Waals surface area contributed by atoms with Crippen LogP contribution in [0.2, 0.25) is 0 Å². The van der Waals surface area contributed by atoms with E-state index < -0.39 is 0 Å². The highest BCUT2D eigenvalue weighted by Crippen LogP contribution is 2.42. The molecule has 2 aliphatic rings. The first-order valence-electron chi connectivity index (χ1n) is 11.1. The van der Waals surface area contributed by atoms with Crippen LogP contribution in [-0.4, -0.2) is 12.6 Å². The van der Waals surface area contributed by atoms with Gasteiger partial charge in [-0.1, -0.05) is 44.7 Å². The summed E-state index contributed by atoms with van der Waals surface area (Å²) in [7, 11) is 0. The number of esters is 1. The second-order valence-corrected chi connectivity index (χ2v) is 8.73. The Labute approximate surface area is 163 Å². The van der Waals surface area contributed by atoms with Crippen molar-refractivity contribution in [2.45, 2.75) is 77.6 Å². The quantitative estimate of drug-likeness (QED) is 0.522. The molecule has 1 aromatic rings. The van der Waals surface area contributed by atoms with E-state index in [-0.39, 0.29) is 17.7 Å². The van der Waals surface area contributed by atoms with E-state index in [0.29, 0.717) is 13.0 Å². The average molecular weight is 375 g/mol. The Morgan fingerprint density at radius 2 is 1.56 bits per heavy atom. The Morgan fingerprint density at radius 3 is 2.15 bits per heavy atom. The highest BCUT2D eigenvalue weighted by atomic mass is 19.1. The second-order valence-electron chi connectivity index (χ2n) is 8.73. The first-order chi connectivity index (χ1) is 13.2. The molecule has 0 heterocycles. The van der Waals surface area contributed by atoms with Crippen molar-refractivity contribution in [3.63, 3.8) is 0 Å². The molecule has 3 rings (SSSR count). The highest BCUT2D eigenvalue weighted by molar-refractivity contribution is 5.72. The number of ether oxygens (including phenoxy) is 1. The second kappa shape index (κ2) is 10.2. The van der Waals surface area contributed by atoms with Gasteiger partial charge < -0.3 is 4.74 Å². The fraction of sp³-hybridized carbons (Fsp3) is 0.708. The summed E-state index contributed by atoms with van der Waals surface area (Å²) in [5.41, 5.74) is 1.01. The zero-order valence-electron chi connectivity index (χ0n) is 16.8. The molecule has 0 aliphatic heterocycles. The number of carbonyl (C=O) groups is 1. The minimum absolute atomic E-state index is 0.0257. The van der Waals surface area contributed by atoms with E-state index in [1.165, 1.54) is 63.5 Å².